The molecular weight excluding hydrogens is 248 g/mol. The number of hydrogen-bond acceptors (Lipinski definition) is 5. The molecule has 1 heterocycles. The van der Waals surface area contributed by atoms with E-state index in [-0.39, 0.29) is 16.7 Å². The summed E-state index contributed by atoms with van der Waals surface area (Å²) in [5.74, 6) is 0. The molecule has 0 saturated carbocycles. The number of methoxy groups -OCH3 is 1. The molecule has 0 spiro atoms. The number of nitro groups is 1. The average Bonchev–Trinajstić information content (AvgIpc) is 2.38. The van der Waals surface area contributed by atoms with E-state index in [1.54, 1.807) is 26.2 Å². The van der Waals surface area contributed by atoms with Gasteiger partial charge in [-0.1, -0.05) is 12.1 Å². The van der Waals surface area contributed by atoms with E-state index < -0.39 is 0 Å². The Kier molecular flexibility index (Phi) is 4.34. The van der Waals surface area contributed by atoms with Crippen LogP contribution in [-0.2, 0) is 9.47 Å². The fraction of sp³-hybridized carbons (Fsp3) is 0.538. The minimum Gasteiger partial charge on any atom is -0.382 e. The van der Waals surface area contributed by atoms with E-state index in [2.05, 4.69) is 0 Å². The highest BCUT2D eigenvalue weighted by atomic mass is 16.6. The third kappa shape index (κ3) is 3.02. The van der Waals surface area contributed by atoms with Crippen LogP contribution in [0.25, 0.3) is 0 Å². The molecule has 19 heavy (non-hydrogen) atoms. The van der Waals surface area contributed by atoms with Gasteiger partial charge in [0.15, 0.2) is 0 Å². The Morgan fingerprint density at radius 2 is 2.37 bits per heavy atom. The minimum atomic E-state index is -0.314. The van der Waals surface area contributed by atoms with Crippen LogP contribution in [-0.4, -0.2) is 44.4 Å². The normalized spacial score (nSPS) is 19.5. The van der Waals surface area contributed by atoms with E-state index in [9.17, 15) is 10.1 Å². The van der Waals surface area contributed by atoms with Gasteiger partial charge < -0.3 is 14.4 Å². The summed E-state index contributed by atoms with van der Waals surface area (Å²) in [5.41, 5.74) is 1.52. The Balaban J connectivity index is 2.26. The summed E-state index contributed by atoms with van der Waals surface area (Å²) in [6.45, 7) is 4.08. The first-order valence-corrected chi connectivity index (χ1v) is 6.23. The van der Waals surface area contributed by atoms with Crippen LogP contribution in [0, 0.1) is 17.0 Å². The summed E-state index contributed by atoms with van der Waals surface area (Å²) >= 11 is 0. The van der Waals surface area contributed by atoms with Gasteiger partial charge in [0.05, 0.1) is 24.2 Å². The molecular formula is C13H18N2O4. The SMILES string of the molecule is COC[C@@H]1CN(c2cccc(C)c2[N+](=O)[O-])CCO1. The van der Waals surface area contributed by atoms with Gasteiger partial charge in [-0.2, -0.15) is 0 Å². The molecule has 0 radical (unpaired) electrons. The van der Waals surface area contributed by atoms with Crippen molar-refractivity contribution in [1.82, 2.24) is 0 Å². The summed E-state index contributed by atoms with van der Waals surface area (Å²) < 4.78 is 10.6. The smallest absolute Gasteiger partial charge is 0.295 e. The molecule has 104 valence electrons. The summed E-state index contributed by atoms with van der Waals surface area (Å²) in [6.07, 6.45) is -0.0427. The van der Waals surface area contributed by atoms with Crippen LogP contribution in [0.15, 0.2) is 18.2 Å². The van der Waals surface area contributed by atoms with E-state index >= 15 is 0 Å². The van der Waals surface area contributed by atoms with Crippen LogP contribution >= 0.6 is 0 Å². The van der Waals surface area contributed by atoms with Crippen LogP contribution in [0.5, 0.6) is 0 Å². The quantitative estimate of drug-likeness (QED) is 0.613. The molecule has 0 unspecified atom stereocenters. The first kappa shape index (κ1) is 13.8. The molecule has 1 aromatic carbocycles. The fourth-order valence-corrected chi connectivity index (χ4v) is 2.36. The van der Waals surface area contributed by atoms with Gasteiger partial charge in [-0.15, -0.1) is 0 Å². The number of benzene rings is 1. The molecule has 1 aliphatic heterocycles. The van der Waals surface area contributed by atoms with Crippen LogP contribution in [0.1, 0.15) is 5.56 Å². The summed E-state index contributed by atoms with van der Waals surface area (Å²) in [7, 11) is 1.62. The number of aryl methyl sites for hydroxylation is 1. The maximum atomic E-state index is 11.2. The number of hydrogen-bond donors (Lipinski definition) is 0. The molecule has 0 aliphatic carbocycles. The average molecular weight is 266 g/mol. The van der Waals surface area contributed by atoms with Gasteiger partial charge >= 0.3 is 0 Å². The van der Waals surface area contributed by atoms with Crippen molar-refractivity contribution in [2.24, 2.45) is 0 Å². The predicted octanol–water partition coefficient (Wildman–Crippen LogP) is 1.75. The minimum absolute atomic E-state index is 0.0427. The van der Waals surface area contributed by atoms with Gasteiger partial charge in [-0.05, 0) is 13.0 Å². The lowest BCUT2D eigenvalue weighted by Gasteiger charge is -2.34. The second kappa shape index (κ2) is 5.99. The van der Waals surface area contributed by atoms with Crippen molar-refractivity contribution in [3.05, 3.63) is 33.9 Å². The second-order valence-electron chi connectivity index (χ2n) is 4.59. The van der Waals surface area contributed by atoms with Gasteiger partial charge in [0.1, 0.15) is 5.69 Å². The van der Waals surface area contributed by atoms with Gasteiger partial charge in [0.25, 0.3) is 5.69 Å². The zero-order valence-electron chi connectivity index (χ0n) is 11.2. The van der Waals surface area contributed by atoms with E-state index in [1.807, 2.05) is 11.0 Å². The van der Waals surface area contributed by atoms with Gasteiger partial charge in [0, 0.05) is 25.8 Å². The van der Waals surface area contributed by atoms with E-state index in [4.69, 9.17) is 9.47 Å². The van der Waals surface area contributed by atoms with E-state index in [0.717, 1.165) is 0 Å². The number of rotatable bonds is 4. The highest BCUT2D eigenvalue weighted by Gasteiger charge is 2.26. The molecule has 1 saturated heterocycles. The lowest BCUT2D eigenvalue weighted by atomic mass is 10.1. The molecule has 0 aromatic heterocycles. The van der Waals surface area contributed by atoms with E-state index in [0.29, 0.717) is 37.6 Å². The van der Waals surface area contributed by atoms with Crippen LogP contribution in [0.4, 0.5) is 11.4 Å². The van der Waals surface area contributed by atoms with Crippen molar-refractivity contribution < 1.29 is 14.4 Å². The Morgan fingerprint density at radius 3 is 3.05 bits per heavy atom. The third-order valence-electron chi connectivity index (χ3n) is 3.23. The largest absolute Gasteiger partial charge is 0.382 e. The number of nitrogens with zero attached hydrogens (tertiary/aromatic N) is 2. The highest BCUT2D eigenvalue weighted by molar-refractivity contribution is 5.66. The van der Waals surface area contributed by atoms with Crippen LogP contribution < -0.4 is 4.90 Å². The molecule has 0 N–H and O–H groups in total. The zero-order valence-corrected chi connectivity index (χ0v) is 11.2. The van der Waals surface area contributed by atoms with Crippen molar-refractivity contribution >= 4 is 11.4 Å². The third-order valence-corrected chi connectivity index (χ3v) is 3.23. The number of anilines is 1. The summed E-state index contributed by atoms with van der Waals surface area (Å²) in [4.78, 5) is 12.9. The van der Waals surface area contributed by atoms with Crippen molar-refractivity contribution in [1.29, 1.82) is 0 Å². The molecule has 0 amide bonds. The van der Waals surface area contributed by atoms with Crippen LogP contribution in [0.3, 0.4) is 0 Å². The molecule has 1 aromatic rings. The van der Waals surface area contributed by atoms with Crippen molar-refractivity contribution in [2.45, 2.75) is 13.0 Å². The Labute approximate surface area is 112 Å². The van der Waals surface area contributed by atoms with Gasteiger partial charge in [-0.25, -0.2) is 0 Å². The lowest BCUT2D eigenvalue weighted by Crippen LogP contribution is -2.44. The monoisotopic (exact) mass is 266 g/mol. The predicted molar refractivity (Wildman–Crippen MR) is 71.7 cm³/mol. The maximum Gasteiger partial charge on any atom is 0.295 e. The molecule has 1 aliphatic rings. The fourth-order valence-electron chi connectivity index (χ4n) is 2.36. The zero-order chi connectivity index (χ0) is 13.8. The Morgan fingerprint density at radius 1 is 1.58 bits per heavy atom. The molecule has 1 fully saturated rings. The van der Waals surface area contributed by atoms with Crippen molar-refractivity contribution in [2.75, 3.05) is 38.3 Å². The number of ether oxygens (including phenoxy) is 2. The molecule has 1 atom stereocenters. The van der Waals surface area contributed by atoms with Crippen molar-refractivity contribution in [3.63, 3.8) is 0 Å². The number of para-hydroxylation sites is 1. The molecule has 6 nitrogen and oxygen atoms in total. The summed E-state index contributed by atoms with van der Waals surface area (Å²) in [6, 6.07) is 5.40. The molecule has 6 heteroatoms. The highest BCUT2D eigenvalue weighted by Crippen LogP contribution is 2.32. The Hall–Kier alpha value is -1.66. The first-order valence-electron chi connectivity index (χ1n) is 6.23. The number of morpholine rings is 1. The standard InChI is InChI=1S/C13H18N2O4/c1-10-4-3-5-12(13(10)15(16)17)14-6-7-19-11(8-14)9-18-2/h3-5,11H,6-9H2,1-2H3/t11-/m0/s1. The topological polar surface area (TPSA) is 64.8 Å². The maximum absolute atomic E-state index is 11.2. The second-order valence-corrected chi connectivity index (χ2v) is 4.59. The first-order chi connectivity index (χ1) is 9.13. The van der Waals surface area contributed by atoms with Crippen LogP contribution in [0.2, 0.25) is 0 Å². The number of nitro benzene ring substituents is 1. The van der Waals surface area contributed by atoms with E-state index in [1.165, 1.54) is 0 Å². The lowest BCUT2D eigenvalue weighted by molar-refractivity contribution is -0.384. The summed E-state index contributed by atoms with van der Waals surface area (Å²) in [5, 5.41) is 11.2. The Bertz CT molecular complexity index is 462. The molecule has 0 bridgehead atoms. The van der Waals surface area contributed by atoms with Crippen molar-refractivity contribution in [3.8, 4) is 0 Å². The molecule has 2 rings (SSSR count). The van der Waals surface area contributed by atoms with Gasteiger partial charge in [-0.3, -0.25) is 10.1 Å². The van der Waals surface area contributed by atoms with Gasteiger partial charge in [0.2, 0.25) is 0 Å².